The minimum absolute atomic E-state index is 0.180. The maximum absolute atomic E-state index is 12.0. The number of nitrogens with zero attached hydrogens (tertiary/aromatic N) is 1. The van der Waals surface area contributed by atoms with Gasteiger partial charge in [0.25, 0.3) is 0 Å². The Morgan fingerprint density at radius 3 is 2.70 bits per heavy atom. The molecule has 2 amide bonds. The lowest BCUT2D eigenvalue weighted by atomic mass is 9.96. The number of hydrogen-bond donors (Lipinski definition) is 4. The van der Waals surface area contributed by atoms with E-state index >= 15 is 0 Å². The van der Waals surface area contributed by atoms with Gasteiger partial charge in [0.1, 0.15) is 10.8 Å². The van der Waals surface area contributed by atoms with Gasteiger partial charge in [0.05, 0.1) is 11.7 Å². The third-order valence-electron chi connectivity index (χ3n) is 4.41. The number of thiazole rings is 1. The van der Waals surface area contributed by atoms with Crippen LogP contribution in [0.25, 0.3) is 16.8 Å². The van der Waals surface area contributed by atoms with Gasteiger partial charge in [-0.25, -0.2) is 9.78 Å². The van der Waals surface area contributed by atoms with Gasteiger partial charge in [0.2, 0.25) is 0 Å². The molecular formula is C20H18N4O2S. The van der Waals surface area contributed by atoms with E-state index in [2.05, 4.69) is 10.6 Å². The molecular weight excluding hydrogens is 360 g/mol. The predicted molar refractivity (Wildman–Crippen MR) is 107 cm³/mol. The normalized spacial score (nSPS) is 16.8. The summed E-state index contributed by atoms with van der Waals surface area (Å²) in [6, 6.07) is 13.8. The number of carbonyl (C=O) groups is 1. The topological polar surface area (TPSA) is 100 Å². The van der Waals surface area contributed by atoms with Crippen LogP contribution in [0.15, 0.2) is 59.6 Å². The van der Waals surface area contributed by atoms with Crippen molar-refractivity contribution >= 4 is 28.6 Å². The van der Waals surface area contributed by atoms with Gasteiger partial charge < -0.3 is 21.5 Å². The van der Waals surface area contributed by atoms with Crippen LogP contribution < -0.4 is 16.4 Å². The molecule has 3 aromatic rings. The van der Waals surface area contributed by atoms with Crippen molar-refractivity contribution in [1.82, 2.24) is 15.6 Å². The predicted octanol–water partition coefficient (Wildman–Crippen LogP) is 3.88. The Morgan fingerprint density at radius 1 is 1.19 bits per heavy atom. The van der Waals surface area contributed by atoms with Crippen LogP contribution in [0.5, 0.6) is 5.75 Å². The Morgan fingerprint density at radius 2 is 1.96 bits per heavy atom. The van der Waals surface area contributed by atoms with Crippen molar-refractivity contribution in [3.05, 3.63) is 70.2 Å². The van der Waals surface area contributed by atoms with Gasteiger partial charge in [0.15, 0.2) is 0 Å². The fraction of sp³-hybridized carbons (Fsp3) is 0.100. The summed E-state index contributed by atoms with van der Waals surface area (Å²) >= 11 is 1.51. The number of carbonyl (C=O) groups excluding carboxylic acids is 1. The highest BCUT2D eigenvalue weighted by molar-refractivity contribution is 7.11. The number of anilines is 1. The van der Waals surface area contributed by atoms with Crippen molar-refractivity contribution < 1.29 is 9.90 Å². The molecule has 1 aromatic heterocycles. The van der Waals surface area contributed by atoms with Gasteiger partial charge in [-0.1, -0.05) is 24.3 Å². The maximum atomic E-state index is 12.0. The van der Waals surface area contributed by atoms with Crippen LogP contribution >= 0.6 is 11.3 Å². The highest BCUT2D eigenvalue weighted by Crippen LogP contribution is 2.37. The Balaban J connectivity index is 1.76. The van der Waals surface area contributed by atoms with Gasteiger partial charge in [-0.3, -0.25) is 0 Å². The largest absolute Gasteiger partial charge is 0.508 e. The molecule has 1 atom stereocenters. The summed E-state index contributed by atoms with van der Waals surface area (Å²) in [4.78, 5) is 16.8. The van der Waals surface area contributed by atoms with E-state index in [-0.39, 0.29) is 17.8 Å². The van der Waals surface area contributed by atoms with Crippen molar-refractivity contribution in [3.8, 4) is 17.0 Å². The number of hydrogen-bond acceptors (Lipinski definition) is 5. The van der Waals surface area contributed by atoms with Crippen LogP contribution in [0.1, 0.15) is 23.5 Å². The third kappa shape index (κ3) is 3.37. The number of nitrogen functional groups attached to an aromatic ring is 1. The second kappa shape index (κ2) is 6.77. The number of nitrogens with one attached hydrogen (secondary N) is 2. The van der Waals surface area contributed by atoms with Gasteiger partial charge in [0, 0.05) is 27.9 Å². The molecule has 1 aliphatic rings. The van der Waals surface area contributed by atoms with E-state index in [0.717, 1.165) is 33.1 Å². The first-order chi connectivity index (χ1) is 13.0. The Labute approximate surface area is 160 Å². The van der Waals surface area contributed by atoms with Crippen molar-refractivity contribution in [2.75, 3.05) is 5.73 Å². The molecule has 6 nitrogen and oxygen atoms in total. The molecule has 4 rings (SSSR count). The van der Waals surface area contributed by atoms with E-state index in [1.807, 2.05) is 36.6 Å². The van der Waals surface area contributed by atoms with Gasteiger partial charge in [-0.15, -0.1) is 11.3 Å². The molecule has 0 fully saturated rings. The summed E-state index contributed by atoms with van der Waals surface area (Å²) in [6.07, 6.45) is 0. The molecule has 0 saturated heterocycles. The summed E-state index contributed by atoms with van der Waals surface area (Å²) in [5.41, 5.74) is 10.9. The van der Waals surface area contributed by atoms with Gasteiger partial charge >= 0.3 is 6.03 Å². The minimum Gasteiger partial charge on any atom is -0.508 e. The van der Waals surface area contributed by atoms with Crippen molar-refractivity contribution in [3.63, 3.8) is 0 Å². The average Bonchev–Trinajstić information content (AvgIpc) is 3.11. The number of allylic oxidation sites excluding steroid dienone is 1. The Bertz CT molecular complexity index is 1040. The first-order valence-corrected chi connectivity index (χ1v) is 9.28. The van der Waals surface area contributed by atoms with E-state index in [1.54, 1.807) is 24.3 Å². The molecule has 136 valence electrons. The summed E-state index contributed by atoms with van der Waals surface area (Å²) in [5.74, 6) is 0.180. The lowest BCUT2D eigenvalue weighted by molar-refractivity contribution is 0.240. The van der Waals surface area contributed by atoms with Crippen molar-refractivity contribution in [1.29, 1.82) is 0 Å². The highest BCUT2D eigenvalue weighted by Gasteiger charge is 2.29. The lowest BCUT2D eigenvalue weighted by Gasteiger charge is -2.28. The maximum Gasteiger partial charge on any atom is 0.319 e. The molecule has 5 N–H and O–H groups in total. The SMILES string of the molecule is CC1=C(c2nc(-c3cccc(N)c3)cs2)C(c2ccc(O)cc2)NC(=O)N1. The standard InChI is InChI=1S/C20H18N4O2S/c1-11-17(18(24-20(26)22-11)12-5-7-15(25)8-6-12)19-23-16(10-27-19)13-3-2-4-14(21)9-13/h2-10,18,25H,21H2,1H3,(H2,22,24,26). The summed E-state index contributed by atoms with van der Waals surface area (Å²) in [5, 5.41) is 18.1. The van der Waals surface area contributed by atoms with Crippen LogP contribution in [0, 0.1) is 0 Å². The molecule has 0 radical (unpaired) electrons. The number of aromatic nitrogens is 1. The molecule has 0 spiro atoms. The van der Waals surface area contributed by atoms with Crippen LogP contribution in [0.2, 0.25) is 0 Å². The molecule has 0 aliphatic carbocycles. The van der Waals surface area contributed by atoms with Crippen LogP contribution in [-0.4, -0.2) is 16.1 Å². The fourth-order valence-electron chi connectivity index (χ4n) is 3.12. The van der Waals surface area contributed by atoms with Crippen LogP contribution in [0.4, 0.5) is 10.5 Å². The fourth-order valence-corrected chi connectivity index (χ4v) is 4.08. The number of urea groups is 1. The lowest BCUT2D eigenvalue weighted by Crippen LogP contribution is -2.42. The highest BCUT2D eigenvalue weighted by atomic mass is 32.1. The number of amides is 2. The molecule has 1 unspecified atom stereocenters. The van der Waals surface area contributed by atoms with Crippen LogP contribution in [0.3, 0.4) is 0 Å². The van der Waals surface area contributed by atoms with E-state index in [4.69, 9.17) is 10.7 Å². The molecule has 2 aromatic carbocycles. The first-order valence-electron chi connectivity index (χ1n) is 8.40. The zero-order valence-corrected chi connectivity index (χ0v) is 15.4. The van der Waals surface area contributed by atoms with E-state index in [1.165, 1.54) is 11.3 Å². The van der Waals surface area contributed by atoms with Gasteiger partial charge in [-0.05, 0) is 36.8 Å². The zero-order chi connectivity index (χ0) is 19.0. The van der Waals surface area contributed by atoms with Crippen molar-refractivity contribution in [2.45, 2.75) is 13.0 Å². The second-order valence-electron chi connectivity index (χ2n) is 6.33. The van der Waals surface area contributed by atoms with E-state index in [9.17, 15) is 9.90 Å². The quantitative estimate of drug-likeness (QED) is 0.520. The molecule has 0 saturated carbocycles. The van der Waals surface area contributed by atoms with Crippen LogP contribution in [-0.2, 0) is 0 Å². The smallest absolute Gasteiger partial charge is 0.319 e. The van der Waals surface area contributed by atoms with Gasteiger partial charge in [-0.2, -0.15) is 0 Å². The van der Waals surface area contributed by atoms with E-state index < -0.39 is 0 Å². The summed E-state index contributed by atoms with van der Waals surface area (Å²) in [7, 11) is 0. The number of rotatable bonds is 3. The number of phenols is 1. The van der Waals surface area contributed by atoms with Crippen molar-refractivity contribution in [2.24, 2.45) is 0 Å². The first kappa shape index (κ1) is 17.1. The number of nitrogens with two attached hydrogens (primary N) is 1. The average molecular weight is 378 g/mol. The summed E-state index contributed by atoms with van der Waals surface area (Å²) < 4.78 is 0. The number of benzene rings is 2. The minimum atomic E-state index is -0.348. The molecule has 2 heterocycles. The molecule has 0 bridgehead atoms. The zero-order valence-electron chi connectivity index (χ0n) is 14.6. The Hall–Kier alpha value is -3.32. The monoisotopic (exact) mass is 378 g/mol. The number of phenolic OH excluding ortho intramolecular Hbond substituents is 1. The second-order valence-corrected chi connectivity index (χ2v) is 7.18. The molecule has 7 heteroatoms. The number of aromatic hydroxyl groups is 1. The third-order valence-corrected chi connectivity index (χ3v) is 5.29. The molecule has 1 aliphatic heterocycles. The summed E-state index contributed by atoms with van der Waals surface area (Å²) in [6.45, 7) is 1.86. The van der Waals surface area contributed by atoms with E-state index in [0.29, 0.717) is 5.69 Å². The Kier molecular flexibility index (Phi) is 4.29. The molecule has 27 heavy (non-hydrogen) atoms.